The Morgan fingerprint density at radius 1 is 1.13 bits per heavy atom. The van der Waals surface area contributed by atoms with Crippen molar-refractivity contribution in [1.29, 1.82) is 0 Å². The van der Waals surface area contributed by atoms with E-state index in [4.69, 9.17) is 0 Å². The molecule has 0 radical (unpaired) electrons. The lowest BCUT2D eigenvalue weighted by Gasteiger charge is -2.23. The molecule has 4 nitrogen and oxygen atoms in total. The molecule has 0 saturated heterocycles. The fraction of sp³-hybridized carbons (Fsp3) is 0.684. The van der Waals surface area contributed by atoms with Crippen LogP contribution in [-0.2, 0) is 0 Å². The van der Waals surface area contributed by atoms with Crippen molar-refractivity contribution >= 4 is 11.6 Å². The maximum Gasteiger partial charge on any atom is 0.270 e. The molecule has 4 heteroatoms. The topological polar surface area (TPSA) is 45.2 Å². The molecule has 0 aromatic carbocycles. The summed E-state index contributed by atoms with van der Waals surface area (Å²) in [5.41, 5.74) is 1.64. The summed E-state index contributed by atoms with van der Waals surface area (Å²) in [6.45, 7) is 6.43. The highest BCUT2D eigenvalue weighted by Crippen LogP contribution is 2.18. The van der Waals surface area contributed by atoms with Gasteiger partial charge in [-0.15, -0.1) is 0 Å². The van der Waals surface area contributed by atoms with Crippen molar-refractivity contribution in [2.24, 2.45) is 0 Å². The van der Waals surface area contributed by atoms with Crippen molar-refractivity contribution in [3.05, 3.63) is 24.0 Å². The molecule has 0 aliphatic heterocycles. The van der Waals surface area contributed by atoms with Crippen molar-refractivity contribution in [3.63, 3.8) is 0 Å². The zero-order chi connectivity index (χ0) is 16.5. The quantitative estimate of drug-likeness (QED) is 0.768. The van der Waals surface area contributed by atoms with E-state index in [0.717, 1.165) is 44.5 Å². The predicted molar refractivity (Wildman–Crippen MR) is 96.0 cm³/mol. The Morgan fingerprint density at radius 3 is 2.30 bits per heavy atom. The lowest BCUT2D eigenvalue weighted by atomic mass is 10.1. The standard InChI is InChI=1S/C19H31N3O/c1-3-13-22(14-4-2)17-11-12-18(20-15-17)19(23)21-16-9-7-5-6-8-10-16/h11-12,15-16H,3-10,13-14H2,1-2H3,(H,21,23). The van der Waals surface area contributed by atoms with Gasteiger partial charge in [-0.25, -0.2) is 4.98 Å². The molecule has 1 amide bonds. The molecule has 2 rings (SSSR count). The van der Waals surface area contributed by atoms with E-state index in [1.54, 1.807) is 0 Å². The van der Waals surface area contributed by atoms with E-state index in [1.807, 2.05) is 18.3 Å². The maximum absolute atomic E-state index is 12.4. The van der Waals surface area contributed by atoms with E-state index in [1.165, 1.54) is 25.7 Å². The average Bonchev–Trinajstić information content (AvgIpc) is 2.83. The third-order valence-electron chi connectivity index (χ3n) is 4.52. The molecule has 0 unspecified atom stereocenters. The van der Waals surface area contributed by atoms with Crippen LogP contribution in [0.4, 0.5) is 5.69 Å². The van der Waals surface area contributed by atoms with Crippen LogP contribution in [0.2, 0.25) is 0 Å². The maximum atomic E-state index is 12.4. The van der Waals surface area contributed by atoms with Crippen molar-refractivity contribution < 1.29 is 4.79 Å². The third-order valence-corrected chi connectivity index (χ3v) is 4.52. The highest BCUT2D eigenvalue weighted by molar-refractivity contribution is 5.92. The molecule has 128 valence electrons. The summed E-state index contributed by atoms with van der Waals surface area (Å²) in [6.07, 6.45) is 11.3. The Balaban J connectivity index is 1.95. The van der Waals surface area contributed by atoms with Crippen LogP contribution in [0.25, 0.3) is 0 Å². The van der Waals surface area contributed by atoms with E-state index in [-0.39, 0.29) is 5.91 Å². The van der Waals surface area contributed by atoms with Gasteiger partial charge in [0.15, 0.2) is 0 Å². The number of carbonyl (C=O) groups is 1. The first-order valence-electron chi connectivity index (χ1n) is 9.26. The Labute approximate surface area is 140 Å². The minimum Gasteiger partial charge on any atom is -0.370 e. The van der Waals surface area contributed by atoms with Gasteiger partial charge in [0.05, 0.1) is 11.9 Å². The molecular formula is C19H31N3O. The summed E-state index contributed by atoms with van der Waals surface area (Å²) >= 11 is 0. The van der Waals surface area contributed by atoms with Crippen molar-refractivity contribution in [1.82, 2.24) is 10.3 Å². The Bertz CT molecular complexity index is 458. The number of carbonyl (C=O) groups excluding carboxylic acids is 1. The predicted octanol–water partition coefficient (Wildman–Crippen LogP) is 4.16. The second kappa shape index (κ2) is 9.53. The number of rotatable bonds is 7. The van der Waals surface area contributed by atoms with Crippen LogP contribution in [0, 0.1) is 0 Å². The molecule has 1 aromatic heterocycles. The Morgan fingerprint density at radius 2 is 1.78 bits per heavy atom. The molecule has 1 aliphatic rings. The van der Waals surface area contributed by atoms with Crippen molar-refractivity contribution in [3.8, 4) is 0 Å². The number of anilines is 1. The summed E-state index contributed by atoms with van der Waals surface area (Å²) in [5, 5.41) is 3.16. The lowest BCUT2D eigenvalue weighted by molar-refractivity contribution is 0.0928. The normalized spacial score (nSPS) is 15.9. The molecule has 1 aromatic rings. The van der Waals surface area contributed by atoms with Crippen LogP contribution in [0.5, 0.6) is 0 Å². The molecular weight excluding hydrogens is 286 g/mol. The van der Waals surface area contributed by atoms with Crippen LogP contribution in [-0.4, -0.2) is 30.0 Å². The number of aromatic nitrogens is 1. The SMILES string of the molecule is CCCN(CCC)c1ccc(C(=O)NC2CCCCCC2)nc1. The third kappa shape index (κ3) is 5.52. The molecule has 1 saturated carbocycles. The summed E-state index contributed by atoms with van der Waals surface area (Å²) in [5.74, 6) is -0.0269. The number of hydrogen-bond donors (Lipinski definition) is 1. The second-order valence-electron chi connectivity index (χ2n) is 6.55. The lowest BCUT2D eigenvalue weighted by Crippen LogP contribution is -2.35. The molecule has 1 fully saturated rings. The van der Waals surface area contributed by atoms with Crippen molar-refractivity contribution in [2.45, 2.75) is 71.3 Å². The summed E-state index contributed by atoms with van der Waals surface area (Å²) in [6, 6.07) is 4.21. The largest absolute Gasteiger partial charge is 0.370 e. The first kappa shape index (κ1) is 17.8. The number of pyridine rings is 1. The smallest absolute Gasteiger partial charge is 0.270 e. The number of nitrogens with zero attached hydrogens (tertiary/aromatic N) is 2. The monoisotopic (exact) mass is 317 g/mol. The van der Waals surface area contributed by atoms with E-state index >= 15 is 0 Å². The van der Waals surface area contributed by atoms with E-state index in [2.05, 4.69) is 29.0 Å². The Hall–Kier alpha value is -1.58. The fourth-order valence-corrected chi connectivity index (χ4v) is 3.30. The second-order valence-corrected chi connectivity index (χ2v) is 6.55. The molecule has 1 N–H and O–H groups in total. The van der Waals surface area contributed by atoms with E-state index in [0.29, 0.717) is 11.7 Å². The van der Waals surface area contributed by atoms with Crippen LogP contribution >= 0.6 is 0 Å². The molecule has 1 aliphatic carbocycles. The van der Waals surface area contributed by atoms with Gasteiger partial charge < -0.3 is 10.2 Å². The number of hydrogen-bond acceptors (Lipinski definition) is 3. The number of amides is 1. The number of nitrogens with one attached hydrogen (secondary N) is 1. The van der Waals surface area contributed by atoms with Crippen LogP contribution in [0.15, 0.2) is 18.3 Å². The van der Waals surface area contributed by atoms with Gasteiger partial charge in [-0.05, 0) is 37.8 Å². The van der Waals surface area contributed by atoms with Gasteiger partial charge in [-0.1, -0.05) is 39.5 Å². The Kier molecular flexibility index (Phi) is 7.37. The summed E-state index contributed by atoms with van der Waals surface area (Å²) in [7, 11) is 0. The molecule has 1 heterocycles. The van der Waals surface area contributed by atoms with Gasteiger partial charge in [0, 0.05) is 19.1 Å². The molecule has 23 heavy (non-hydrogen) atoms. The zero-order valence-electron chi connectivity index (χ0n) is 14.7. The van der Waals surface area contributed by atoms with Gasteiger partial charge in [0.2, 0.25) is 0 Å². The van der Waals surface area contributed by atoms with Gasteiger partial charge in [-0.3, -0.25) is 4.79 Å². The van der Waals surface area contributed by atoms with Crippen LogP contribution in [0.3, 0.4) is 0 Å². The van der Waals surface area contributed by atoms with Gasteiger partial charge in [0.25, 0.3) is 5.91 Å². The van der Waals surface area contributed by atoms with Crippen LogP contribution < -0.4 is 10.2 Å². The summed E-state index contributed by atoms with van der Waals surface area (Å²) in [4.78, 5) is 19.1. The minimum atomic E-state index is -0.0269. The average molecular weight is 317 g/mol. The van der Waals surface area contributed by atoms with Gasteiger partial charge in [-0.2, -0.15) is 0 Å². The molecule has 0 spiro atoms. The van der Waals surface area contributed by atoms with Crippen LogP contribution in [0.1, 0.15) is 75.7 Å². The highest BCUT2D eigenvalue weighted by Gasteiger charge is 2.16. The molecule has 0 bridgehead atoms. The summed E-state index contributed by atoms with van der Waals surface area (Å²) < 4.78 is 0. The fourth-order valence-electron chi connectivity index (χ4n) is 3.30. The van der Waals surface area contributed by atoms with E-state index < -0.39 is 0 Å². The highest BCUT2D eigenvalue weighted by atomic mass is 16.1. The minimum absolute atomic E-state index is 0.0269. The van der Waals surface area contributed by atoms with Gasteiger partial charge >= 0.3 is 0 Å². The van der Waals surface area contributed by atoms with Crippen molar-refractivity contribution in [2.75, 3.05) is 18.0 Å². The first-order valence-corrected chi connectivity index (χ1v) is 9.26. The first-order chi connectivity index (χ1) is 11.2. The van der Waals surface area contributed by atoms with E-state index in [9.17, 15) is 4.79 Å². The zero-order valence-corrected chi connectivity index (χ0v) is 14.7. The van der Waals surface area contributed by atoms with Gasteiger partial charge in [0.1, 0.15) is 5.69 Å². The molecule has 0 atom stereocenters.